The number of amides is 2. The number of likely N-dealkylation sites (N-methyl/N-ethyl adjacent to an activating group) is 1. The Labute approximate surface area is 399 Å². The number of nitrogens with zero attached hydrogens (tertiary/aromatic N) is 2. The summed E-state index contributed by atoms with van der Waals surface area (Å²) in [5, 5.41) is 16.5. The molecule has 0 unspecified atom stereocenters. The predicted molar refractivity (Wildman–Crippen MR) is 270 cm³/mol. The molecule has 2 amide bonds. The van der Waals surface area contributed by atoms with E-state index in [4.69, 9.17) is 0 Å². The smallest absolute Gasteiger partial charge is 0.226 e. The van der Waals surface area contributed by atoms with Crippen molar-refractivity contribution in [2.75, 3.05) is 33.2 Å². The van der Waals surface area contributed by atoms with Crippen molar-refractivity contribution in [1.29, 1.82) is 5.26 Å². The maximum absolute atomic E-state index is 14.9. The molecule has 7 atom stereocenters. The summed E-state index contributed by atoms with van der Waals surface area (Å²) in [6.07, 6.45) is 42.7. The van der Waals surface area contributed by atoms with Gasteiger partial charge in [0, 0.05) is 49.3 Å². The summed E-state index contributed by atoms with van der Waals surface area (Å²) in [6, 6.07) is 2.21. The molecule has 0 saturated heterocycles. The fraction of sp³-hybridized carbons (Fsp3) is 0.638. The molecule has 0 aliphatic heterocycles. The molecule has 0 heterocycles. The van der Waals surface area contributed by atoms with Gasteiger partial charge in [0.2, 0.25) is 11.8 Å². The van der Waals surface area contributed by atoms with Crippen molar-refractivity contribution < 1.29 is 19.2 Å². The van der Waals surface area contributed by atoms with Gasteiger partial charge in [-0.1, -0.05) is 140 Å². The Hall–Kier alpha value is -4.35. The fourth-order valence-electron chi connectivity index (χ4n) is 13.0. The minimum absolute atomic E-state index is 0.00244. The summed E-state index contributed by atoms with van der Waals surface area (Å²) >= 11 is 0. The topological polar surface area (TPSA) is 119 Å². The largest absolute Gasteiger partial charge is 0.355 e. The van der Waals surface area contributed by atoms with Gasteiger partial charge in [0.05, 0.1) is 11.0 Å². The van der Waals surface area contributed by atoms with Gasteiger partial charge in [-0.3, -0.25) is 19.2 Å². The van der Waals surface area contributed by atoms with Crippen molar-refractivity contribution in [3.63, 3.8) is 0 Å². The number of allylic oxidation sites excluding steroid dienone is 16. The molecule has 5 aliphatic carbocycles. The van der Waals surface area contributed by atoms with Gasteiger partial charge in [-0.15, -0.1) is 0 Å². The molecule has 8 heteroatoms. The van der Waals surface area contributed by atoms with Crippen LogP contribution in [0.5, 0.6) is 0 Å². The molecule has 2 N–H and O–H groups in total. The van der Waals surface area contributed by atoms with Gasteiger partial charge in [-0.05, 0) is 131 Å². The van der Waals surface area contributed by atoms with Crippen LogP contribution in [0.25, 0.3) is 0 Å². The Morgan fingerprint density at radius 1 is 0.758 bits per heavy atom. The maximum atomic E-state index is 14.9. The molecule has 0 aromatic heterocycles. The monoisotopic (exact) mass is 901 g/mol. The fourth-order valence-corrected chi connectivity index (χ4v) is 13.0. The van der Waals surface area contributed by atoms with Gasteiger partial charge < -0.3 is 15.5 Å². The Bertz CT molecular complexity index is 2060. The number of nitriles is 1. The van der Waals surface area contributed by atoms with Crippen LogP contribution in [0.3, 0.4) is 0 Å². The average Bonchev–Trinajstić information content (AvgIpc) is 3.26. The van der Waals surface area contributed by atoms with Crippen LogP contribution in [0, 0.1) is 61.6 Å². The van der Waals surface area contributed by atoms with Gasteiger partial charge in [-0.25, -0.2) is 0 Å². The zero-order valence-electron chi connectivity index (χ0n) is 42.3. The lowest BCUT2D eigenvalue weighted by Gasteiger charge is -2.69. The normalized spacial score (nSPS) is 31.6. The van der Waals surface area contributed by atoms with E-state index in [1.807, 2.05) is 33.0 Å². The summed E-state index contributed by atoms with van der Waals surface area (Å²) in [5.41, 5.74) is -1.28. The van der Waals surface area contributed by atoms with Crippen molar-refractivity contribution >= 4 is 23.4 Å². The first-order chi connectivity index (χ1) is 31.3. The van der Waals surface area contributed by atoms with Crippen LogP contribution < -0.4 is 10.6 Å². The third kappa shape index (κ3) is 11.5. The third-order valence-corrected chi connectivity index (χ3v) is 17.0. The van der Waals surface area contributed by atoms with E-state index in [0.717, 1.165) is 89.0 Å². The molecule has 0 spiro atoms. The zero-order valence-corrected chi connectivity index (χ0v) is 42.3. The second kappa shape index (κ2) is 22.6. The highest BCUT2D eigenvalue weighted by atomic mass is 16.2. The van der Waals surface area contributed by atoms with Crippen LogP contribution in [-0.4, -0.2) is 61.5 Å². The second-order valence-electron chi connectivity index (χ2n) is 22.3. The lowest BCUT2D eigenvalue weighted by molar-refractivity contribution is -0.178. The van der Waals surface area contributed by atoms with Crippen molar-refractivity contribution in [2.45, 2.75) is 152 Å². The first kappa shape index (κ1) is 52.6. The SMILES string of the molecule is CC/C=C\C/C=C\C/C=C\C/C=C\C/C=C\C/C=C\CCC(=O)NCCN(C)CCNC(=O)[C@]12CCC(C)(C)C[C@H]1[C@H]1C(=O)C=C3[C@@]4(C)C=C(C#N)C(=O)C(C)(C)[C@@H]4CC[C@@]3(C)[C@]1(C)CC2. The lowest BCUT2D eigenvalue weighted by atomic mass is 9.34. The van der Waals surface area contributed by atoms with Crippen LogP contribution >= 0.6 is 0 Å². The Morgan fingerprint density at radius 2 is 1.30 bits per heavy atom. The van der Waals surface area contributed by atoms with Crippen LogP contribution in [0.2, 0.25) is 0 Å². The van der Waals surface area contributed by atoms with Crippen molar-refractivity contribution in [3.05, 3.63) is 96.2 Å². The quantitative estimate of drug-likeness (QED) is 0.111. The number of nitrogens with one attached hydrogen (secondary N) is 2. The molecule has 0 aromatic rings. The summed E-state index contributed by atoms with van der Waals surface area (Å²) in [7, 11) is 2.02. The Morgan fingerprint density at radius 3 is 1.88 bits per heavy atom. The molecule has 5 rings (SSSR count). The van der Waals surface area contributed by atoms with Crippen LogP contribution in [-0.2, 0) is 19.2 Å². The minimum Gasteiger partial charge on any atom is -0.355 e. The van der Waals surface area contributed by atoms with Crippen molar-refractivity contribution in [2.24, 2.45) is 50.2 Å². The molecule has 8 nitrogen and oxygen atoms in total. The highest BCUT2D eigenvalue weighted by molar-refractivity contribution is 6.04. The lowest BCUT2D eigenvalue weighted by Crippen LogP contribution is -2.66. The first-order valence-electron chi connectivity index (χ1n) is 25.4. The molecular formula is C58H84N4O4. The highest BCUT2D eigenvalue weighted by Gasteiger charge is 2.70. The van der Waals surface area contributed by atoms with E-state index in [1.54, 1.807) is 0 Å². The van der Waals surface area contributed by atoms with Gasteiger partial charge in [0.25, 0.3) is 0 Å². The number of hydrogen-bond acceptors (Lipinski definition) is 6. The van der Waals surface area contributed by atoms with Gasteiger partial charge >= 0.3 is 0 Å². The number of ketones is 2. The van der Waals surface area contributed by atoms with E-state index in [-0.39, 0.29) is 63.0 Å². The van der Waals surface area contributed by atoms with Crippen molar-refractivity contribution in [3.8, 4) is 6.07 Å². The van der Waals surface area contributed by atoms with E-state index in [1.165, 1.54) is 0 Å². The van der Waals surface area contributed by atoms with E-state index in [0.29, 0.717) is 39.0 Å². The second-order valence-corrected chi connectivity index (χ2v) is 22.3. The standard InChI is InChI=1S/C58H84N4O4/c1-10-11-12-13-14-15-16-17-18-19-20-21-22-23-24-25-26-27-28-29-49(64)60-36-38-62(9)39-37-61-52(66)58-34-32-53(2,3)42-45(58)50-46(63)40-48-55(6)41-44(43-59)51(65)54(4,5)47(55)30-31-56(48,7)57(50,8)33-35-58/h11-12,14-15,17-18,20-21,23-24,26-27,40-41,45,47,50H,10,13,16,19,22,25,28-39,42H2,1-9H3,(H,60,64)(H,61,66)/b12-11-,15-14-,18-17-,21-20-,24-23-,27-26-/t45-,47-,50-,55-,56+,57+,58-/m0/s1. The minimum atomic E-state index is -0.705. The number of rotatable bonds is 21. The van der Waals surface area contributed by atoms with Crippen LogP contribution in [0.4, 0.5) is 0 Å². The van der Waals surface area contributed by atoms with E-state index < -0.39 is 16.2 Å². The first-order valence-corrected chi connectivity index (χ1v) is 25.4. The summed E-state index contributed by atoms with van der Waals surface area (Å²) in [5.74, 6) is -0.218. The summed E-state index contributed by atoms with van der Waals surface area (Å²) in [6.45, 7) is 19.9. The maximum Gasteiger partial charge on any atom is 0.226 e. The molecule has 66 heavy (non-hydrogen) atoms. The number of Topliss-reactive ketones (excluding diaryl/α,β-unsaturated/α-hetero) is 1. The molecule has 0 aromatic carbocycles. The van der Waals surface area contributed by atoms with Crippen LogP contribution in [0.1, 0.15) is 152 Å². The molecule has 0 bridgehead atoms. The molecule has 5 aliphatic rings. The highest BCUT2D eigenvalue weighted by Crippen LogP contribution is 2.74. The summed E-state index contributed by atoms with van der Waals surface area (Å²) in [4.78, 5) is 57.7. The van der Waals surface area contributed by atoms with E-state index in [2.05, 4.69) is 136 Å². The summed E-state index contributed by atoms with van der Waals surface area (Å²) < 4.78 is 0. The Kier molecular flexibility index (Phi) is 18.0. The van der Waals surface area contributed by atoms with E-state index >= 15 is 0 Å². The number of carbonyl (C=O) groups excluding carboxylic acids is 4. The molecule has 3 fully saturated rings. The number of hydrogen-bond donors (Lipinski definition) is 2. The van der Waals surface area contributed by atoms with E-state index in [9.17, 15) is 24.4 Å². The average molecular weight is 901 g/mol. The number of fused-ring (bicyclic) bond motifs is 7. The van der Waals surface area contributed by atoms with Gasteiger partial charge in [0.15, 0.2) is 11.6 Å². The molecule has 360 valence electrons. The van der Waals surface area contributed by atoms with Gasteiger partial charge in [0.1, 0.15) is 6.07 Å². The number of carbonyl (C=O) groups is 4. The zero-order chi connectivity index (χ0) is 48.2. The Balaban J connectivity index is 1.06. The molecule has 0 radical (unpaired) electrons. The third-order valence-electron chi connectivity index (χ3n) is 17.0. The van der Waals surface area contributed by atoms with Gasteiger partial charge in [-0.2, -0.15) is 5.26 Å². The molecular weight excluding hydrogens is 817 g/mol. The van der Waals surface area contributed by atoms with Crippen LogP contribution in [0.15, 0.2) is 96.2 Å². The predicted octanol–water partition coefficient (Wildman–Crippen LogP) is 11.8. The van der Waals surface area contributed by atoms with Crippen molar-refractivity contribution in [1.82, 2.24) is 15.5 Å². The molecule has 3 saturated carbocycles.